The van der Waals surface area contributed by atoms with Gasteiger partial charge in [0.15, 0.2) is 0 Å². The molecular weight excluding hydrogens is 395 g/mol. The third-order valence-corrected chi connectivity index (χ3v) is 6.76. The molecule has 0 amide bonds. The van der Waals surface area contributed by atoms with Crippen LogP contribution in [0.2, 0.25) is 0 Å². The molecule has 0 spiro atoms. The van der Waals surface area contributed by atoms with Crippen molar-refractivity contribution in [3.05, 3.63) is 59.9 Å². The molecular formula is C17H21FN2O5S2. The van der Waals surface area contributed by atoms with Crippen LogP contribution in [0.25, 0.3) is 0 Å². The molecule has 0 saturated carbocycles. The van der Waals surface area contributed by atoms with Gasteiger partial charge in [-0.15, -0.1) is 0 Å². The average Bonchev–Trinajstić information content (AvgIpc) is 2.61. The lowest BCUT2D eigenvalue weighted by molar-refractivity contribution is 0.322. The Morgan fingerprint density at radius 1 is 1.00 bits per heavy atom. The van der Waals surface area contributed by atoms with Crippen molar-refractivity contribution in [2.24, 2.45) is 0 Å². The minimum atomic E-state index is -3.70. The number of rotatable bonds is 9. The van der Waals surface area contributed by atoms with Gasteiger partial charge in [-0.2, -0.15) is 0 Å². The van der Waals surface area contributed by atoms with Gasteiger partial charge in [0, 0.05) is 26.2 Å². The Morgan fingerprint density at radius 3 is 2.22 bits per heavy atom. The number of hydrogen-bond acceptors (Lipinski definition) is 5. The molecule has 0 fully saturated rings. The van der Waals surface area contributed by atoms with Crippen molar-refractivity contribution < 1.29 is 26.0 Å². The minimum Gasteiger partial charge on any atom is -0.492 e. The molecule has 1 N–H and O–H groups in total. The van der Waals surface area contributed by atoms with Crippen LogP contribution in [0.5, 0.6) is 5.75 Å². The number of hydrogen-bond donors (Lipinski definition) is 1. The lowest BCUT2D eigenvalue weighted by atomic mass is 10.2. The molecule has 0 aliphatic heterocycles. The summed E-state index contributed by atoms with van der Waals surface area (Å²) in [6, 6.07) is 11.5. The maximum Gasteiger partial charge on any atom is 0.242 e. The second kappa shape index (κ2) is 8.79. The summed E-state index contributed by atoms with van der Waals surface area (Å²) in [5.74, 6) is -0.635. The Morgan fingerprint density at radius 2 is 1.63 bits per heavy atom. The second-order valence-electron chi connectivity index (χ2n) is 5.85. The largest absolute Gasteiger partial charge is 0.492 e. The van der Waals surface area contributed by atoms with Gasteiger partial charge < -0.3 is 4.74 Å². The van der Waals surface area contributed by atoms with Crippen molar-refractivity contribution in [1.29, 1.82) is 0 Å². The van der Waals surface area contributed by atoms with E-state index in [-0.39, 0.29) is 23.6 Å². The van der Waals surface area contributed by atoms with Crippen LogP contribution >= 0.6 is 0 Å². The van der Waals surface area contributed by atoms with Crippen LogP contribution in [0.3, 0.4) is 0 Å². The first kappa shape index (κ1) is 21.3. The fourth-order valence-corrected chi connectivity index (χ4v) is 4.20. The predicted octanol–water partition coefficient (Wildman–Crippen LogP) is 1.57. The summed E-state index contributed by atoms with van der Waals surface area (Å²) in [6.45, 7) is 0.0326. The molecule has 0 saturated heterocycles. The van der Waals surface area contributed by atoms with Gasteiger partial charge in [-0.25, -0.2) is 30.3 Å². The summed E-state index contributed by atoms with van der Waals surface area (Å²) in [4.78, 5) is 0.130. The monoisotopic (exact) mass is 416 g/mol. The molecule has 2 rings (SSSR count). The molecule has 0 aliphatic rings. The van der Waals surface area contributed by atoms with E-state index in [1.807, 2.05) is 0 Å². The summed E-state index contributed by atoms with van der Waals surface area (Å²) in [5.41, 5.74) is 0.0867. The van der Waals surface area contributed by atoms with E-state index in [1.165, 1.54) is 56.6 Å². The molecule has 0 aliphatic carbocycles. The van der Waals surface area contributed by atoms with E-state index >= 15 is 0 Å². The zero-order valence-electron chi connectivity index (χ0n) is 14.9. The summed E-state index contributed by atoms with van der Waals surface area (Å²) in [7, 11) is -4.34. The maximum absolute atomic E-state index is 13.5. The lowest BCUT2D eigenvalue weighted by Crippen LogP contribution is -2.29. The van der Waals surface area contributed by atoms with Crippen molar-refractivity contribution in [2.45, 2.75) is 10.6 Å². The average molecular weight is 416 g/mol. The van der Waals surface area contributed by atoms with Crippen LogP contribution in [-0.2, 0) is 25.8 Å². The quantitative estimate of drug-likeness (QED) is 0.627. The van der Waals surface area contributed by atoms with Crippen molar-refractivity contribution in [3.8, 4) is 5.75 Å². The predicted molar refractivity (Wildman–Crippen MR) is 99.8 cm³/mol. The third-order valence-electron chi connectivity index (χ3n) is 3.60. The highest BCUT2D eigenvalue weighted by Gasteiger charge is 2.17. The van der Waals surface area contributed by atoms with Crippen LogP contribution in [0.1, 0.15) is 5.56 Å². The zero-order chi connectivity index (χ0) is 20.1. The molecule has 2 aromatic rings. The molecule has 2 aromatic carbocycles. The smallest absolute Gasteiger partial charge is 0.242 e. The normalized spacial score (nSPS) is 12.3. The first-order valence-corrected chi connectivity index (χ1v) is 11.1. The molecule has 10 heteroatoms. The van der Waals surface area contributed by atoms with E-state index < -0.39 is 31.6 Å². The Kier molecular flexibility index (Phi) is 6.93. The molecule has 0 unspecified atom stereocenters. The summed E-state index contributed by atoms with van der Waals surface area (Å²) < 4.78 is 70.3. The Bertz CT molecular complexity index is 975. The first-order chi connectivity index (χ1) is 12.6. The van der Waals surface area contributed by atoms with Gasteiger partial charge in [-0.05, 0) is 30.3 Å². The second-order valence-corrected chi connectivity index (χ2v) is 9.81. The number of nitrogens with zero attached hydrogens (tertiary/aromatic N) is 1. The van der Waals surface area contributed by atoms with Crippen LogP contribution in [-0.4, -0.2) is 48.4 Å². The topological polar surface area (TPSA) is 92.8 Å². The van der Waals surface area contributed by atoms with Crippen LogP contribution in [0.15, 0.2) is 53.4 Å². The maximum atomic E-state index is 13.5. The lowest BCUT2D eigenvalue weighted by Gasteiger charge is -2.12. The van der Waals surface area contributed by atoms with Gasteiger partial charge in [-0.3, -0.25) is 0 Å². The molecule has 0 heterocycles. The fraction of sp³-hybridized carbons (Fsp3) is 0.294. The number of nitrogens with one attached hydrogen (secondary N) is 1. The highest BCUT2D eigenvalue weighted by Crippen LogP contribution is 2.18. The van der Waals surface area contributed by atoms with E-state index in [4.69, 9.17) is 4.74 Å². The third kappa shape index (κ3) is 5.99. The number of sulfonamides is 2. The minimum absolute atomic E-state index is 0.00542. The van der Waals surface area contributed by atoms with E-state index in [9.17, 15) is 21.2 Å². The highest BCUT2D eigenvalue weighted by molar-refractivity contribution is 7.89. The zero-order valence-corrected chi connectivity index (χ0v) is 16.6. The molecule has 0 aromatic heterocycles. The summed E-state index contributed by atoms with van der Waals surface area (Å²) >= 11 is 0. The standard InChI is InChI=1S/C17H21FN2O5S2/c1-20(2)27(23,24)16-9-7-15(8-10-16)25-12-11-19-26(21,22)13-14-5-3-4-6-17(14)18/h3-10,19H,11-13H2,1-2H3. The van der Waals surface area contributed by atoms with Crippen LogP contribution < -0.4 is 9.46 Å². The SMILES string of the molecule is CN(C)S(=O)(=O)c1ccc(OCCNS(=O)(=O)Cc2ccccc2F)cc1. The molecule has 0 radical (unpaired) electrons. The molecule has 0 atom stereocenters. The van der Waals surface area contributed by atoms with Gasteiger partial charge >= 0.3 is 0 Å². The van der Waals surface area contributed by atoms with E-state index in [0.29, 0.717) is 5.75 Å². The van der Waals surface area contributed by atoms with Gasteiger partial charge in [-0.1, -0.05) is 18.2 Å². The van der Waals surface area contributed by atoms with Gasteiger partial charge in [0.2, 0.25) is 20.0 Å². The van der Waals surface area contributed by atoms with Crippen molar-refractivity contribution in [3.63, 3.8) is 0 Å². The molecule has 27 heavy (non-hydrogen) atoms. The van der Waals surface area contributed by atoms with Crippen molar-refractivity contribution in [2.75, 3.05) is 27.2 Å². The Labute approximate surface area is 158 Å². The van der Waals surface area contributed by atoms with Gasteiger partial charge in [0.25, 0.3) is 0 Å². The van der Waals surface area contributed by atoms with Gasteiger partial charge in [0.1, 0.15) is 18.2 Å². The van der Waals surface area contributed by atoms with Crippen molar-refractivity contribution in [1.82, 2.24) is 9.03 Å². The van der Waals surface area contributed by atoms with E-state index in [1.54, 1.807) is 6.07 Å². The summed E-state index contributed by atoms with van der Waals surface area (Å²) in [5, 5.41) is 0. The summed E-state index contributed by atoms with van der Waals surface area (Å²) in [6.07, 6.45) is 0. The highest BCUT2D eigenvalue weighted by atomic mass is 32.2. The fourth-order valence-electron chi connectivity index (χ4n) is 2.16. The Balaban J connectivity index is 1.85. The molecule has 148 valence electrons. The molecule has 0 bridgehead atoms. The number of ether oxygens (including phenoxy) is 1. The first-order valence-electron chi connectivity index (χ1n) is 7.98. The van der Waals surface area contributed by atoms with Gasteiger partial charge in [0.05, 0.1) is 10.6 Å². The van der Waals surface area contributed by atoms with E-state index in [0.717, 1.165) is 4.31 Å². The number of halogens is 1. The van der Waals surface area contributed by atoms with Crippen LogP contribution in [0.4, 0.5) is 4.39 Å². The Hall–Kier alpha value is -2.01. The molecule has 7 nitrogen and oxygen atoms in total. The number of benzene rings is 2. The van der Waals surface area contributed by atoms with Crippen LogP contribution in [0, 0.1) is 5.82 Å². The van der Waals surface area contributed by atoms with Crippen molar-refractivity contribution >= 4 is 20.0 Å². The van der Waals surface area contributed by atoms with E-state index in [2.05, 4.69) is 4.72 Å².